The van der Waals surface area contributed by atoms with Gasteiger partial charge >= 0.3 is 12.1 Å². The summed E-state index contributed by atoms with van der Waals surface area (Å²) in [7, 11) is 0. The van der Waals surface area contributed by atoms with Crippen LogP contribution in [0, 0.1) is 0 Å². The van der Waals surface area contributed by atoms with Crippen molar-refractivity contribution in [2.75, 3.05) is 13.2 Å². The third kappa shape index (κ3) is 5.59. The van der Waals surface area contributed by atoms with Crippen molar-refractivity contribution in [2.24, 2.45) is 0 Å². The van der Waals surface area contributed by atoms with Gasteiger partial charge in [0.2, 0.25) is 5.91 Å². The Labute approximate surface area is 227 Å². The number of amides is 1. The first kappa shape index (κ1) is 26.6. The third-order valence-corrected chi connectivity index (χ3v) is 7.12. The normalized spacial score (nSPS) is 15.3. The molecule has 3 aromatic carbocycles. The molecule has 0 saturated heterocycles. The second-order valence-electron chi connectivity index (χ2n) is 9.33. The number of carboxylic acid groups (broad SMARTS) is 1. The van der Waals surface area contributed by atoms with Crippen molar-refractivity contribution >= 4 is 34.4 Å². The lowest BCUT2D eigenvalue weighted by Crippen LogP contribution is -2.41. The number of alkyl halides is 3. The number of carbonyl (C=O) groups excluding carboxylic acids is 1. The van der Waals surface area contributed by atoms with E-state index in [1.54, 1.807) is 39.9 Å². The fraction of sp³-hybridized carbons (Fsp3) is 0.241. The first-order valence-electron chi connectivity index (χ1n) is 12.3. The maximum atomic E-state index is 13.7. The predicted molar refractivity (Wildman–Crippen MR) is 140 cm³/mol. The van der Waals surface area contributed by atoms with Gasteiger partial charge in [0.15, 0.2) is 6.61 Å². The van der Waals surface area contributed by atoms with E-state index in [-0.39, 0.29) is 18.9 Å². The van der Waals surface area contributed by atoms with Gasteiger partial charge in [0, 0.05) is 41.8 Å². The Kier molecular flexibility index (Phi) is 7.27. The summed E-state index contributed by atoms with van der Waals surface area (Å²) in [6.07, 6.45) is -2.13. The number of nitrogens with zero attached hydrogens (tertiary/aromatic N) is 2. The number of ether oxygens (including phenoxy) is 1. The molecule has 1 aliphatic rings. The van der Waals surface area contributed by atoms with Crippen molar-refractivity contribution in [1.82, 2.24) is 9.47 Å². The van der Waals surface area contributed by atoms with E-state index < -0.39 is 30.4 Å². The minimum absolute atomic E-state index is 0.0462. The molecule has 10 heteroatoms. The summed E-state index contributed by atoms with van der Waals surface area (Å²) in [4.78, 5) is 26.6. The van der Waals surface area contributed by atoms with Gasteiger partial charge in [-0.3, -0.25) is 4.79 Å². The van der Waals surface area contributed by atoms with Crippen molar-refractivity contribution < 1.29 is 32.6 Å². The molecule has 1 unspecified atom stereocenters. The van der Waals surface area contributed by atoms with Crippen molar-refractivity contribution in [3.63, 3.8) is 0 Å². The van der Waals surface area contributed by atoms with Gasteiger partial charge in [-0.2, -0.15) is 13.2 Å². The number of halogens is 4. The number of aliphatic carboxylic acids is 1. The Bertz CT molecular complexity index is 1550. The minimum Gasteiger partial charge on any atom is -0.482 e. The van der Waals surface area contributed by atoms with Crippen LogP contribution in [0.5, 0.6) is 5.75 Å². The van der Waals surface area contributed by atoms with Crippen LogP contribution in [0.2, 0.25) is 5.02 Å². The number of benzene rings is 3. The quantitative estimate of drug-likeness (QED) is 0.288. The number of rotatable bonds is 7. The SMILES string of the molecule is O=C(O)COc1ccc(Cl)cc1C1c2ccccc2CCN1C(=O)CCn1ccc2ccc(C(F)(F)F)cc21. The van der Waals surface area contributed by atoms with E-state index >= 15 is 0 Å². The maximum Gasteiger partial charge on any atom is 0.416 e. The molecule has 39 heavy (non-hydrogen) atoms. The zero-order valence-corrected chi connectivity index (χ0v) is 21.4. The van der Waals surface area contributed by atoms with Crippen LogP contribution in [0.1, 0.15) is 34.7 Å². The van der Waals surface area contributed by atoms with E-state index in [0.29, 0.717) is 40.2 Å². The highest BCUT2D eigenvalue weighted by atomic mass is 35.5. The fourth-order valence-corrected chi connectivity index (χ4v) is 5.27. The lowest BCUT2D eigenvalue weighted by atomic mass is 9.87. The molecule has 6 nitrogen and oxygen atoms in total. The van der Waals surface area contributed by atoms with Gasteiger partial charge in [0.05, 0.1) is 11.6 Å². The molecular formula is C29H24ClF3N2O4. The molecule has 0 fully saturated rings. The molecule has 5 rings (SSSR count). The monoisotopic (exact) mass is 556 g/mol. The standard InChI is InChI=1S/C29H24ClF3N2O4/c30-21-7-8-25(39-17-27(37)38)23(16-21)28-22-4-2-1-3-18(22)10-14-35(28)26(36)11-13-34-12-9-19-5-6-20(15-24(19)34)29(31,32)33/h1-9,12,15-16,28H,10-11,13-14,17H2,(H,37,38). The molecule has 202 valence electrons. The predicted octanol–water partition coefficient (Wildman–Crippen LogP) is 6.34. The van der Waals surface area contributed by atoms with Crippen LogP contribution in [-0.4, -0.2) is 39.6 Å². The van der Waals surface area contributed by atoms with Gasteiger partial charge < -0.3 is 19.3 Å². The number of carboxylic acids is 1. The van der Waals surface area contributed by atoms with E-state index in [2.05, 4.69) is 0 Å². The summed E-state index contributed by atoms with van der Waals surface area (Å²) >= 11 is 6.32. The average molecular weight is 557 g/mol. The number of hydrogen-bond donors (Lipinski definition) is 1. The Morgan fingerprint density at radius 3 is 2.59 bits per heavy atom. The van der Waals surface area contributed by atoms with Crippen molar-refractivity contribution in [3.8, 4) is 5.75 Å². The highest BCUT2D eigenvalue weighted by Gasteiger charge is 2.34. The van der Waals surface area contributed by atoms with E-state index in [9.17, 15) is 22.8 Å². The summed E-state index contributed by atoms with van der Waals surface area (Å²) in [5.74, 6) is -1.04. The summed E-state index contributed by atoms with van der Waals surface area (Å²) in [5.41, 5.74) is 2.14. The molecule has 0 aliphatic carbocycles. The lowest BCUT2D eigenvalue weighted by Gasteiger charge is -2.38. The maximum absolute atomic E-state index is 13.7. The minimum atomic E-state index is -4.47. The fourth-order valence-electron chi connectivity index (χ4n) is 5.09. The number of aryl methyl sites for hydroxylation is 1. The number of aromatic nitrogens is 1. The topological polar surface area (TPSA) is 71.8 Å². The second-order valence-corrected chi connectivity index (χ2v) is 9.77. The van der Waals surface area contributed by atoms with Crippen molar-refractivity contribution in [2.45, 2.75) is 31.6 Å². The number of carbonyl (C=O) groups is 2. The number of hydrogen-bond acceptors (Lipinski definition) is 3. The van der Waals surface area contributed by atoms with Crippen LogP contribution in [0.3, 0.4) is 0 Å². The zero-order valence-electron chi connectivity index (χ0n) is 20.6. The molecule has 1 aromatic heterocycles. The number of fused-ring (bicyclic) bond motifs is 2. The molecule has 1 amide bonds. The Morgan fingerprint density at radius 1 is 1.03 bits per heavy atom. The molecular weight excluding hydrogens is 533 g/mol. The Morgan fingerprint density at radius 2 is 1.82 bits per heavy atom. The van der Waals surface area contributed by atoms with Gasteiger partial charge in [-0.1, -0.05) is 41.9 Å². The van der Waals surface area contributed by atoms with E-state index in [0.717, 1.165) is 23.3 Å². The first-order valence-corrected chi connectivity index (χ1v) is 12.7. The van der Waals surface area contributed by atoms with Crippen LogP contribution < -0.4 is 4.74 Å². The summed E-state index contributed by atoms with van der Waals surface area (Å²) in [5, 5.41) is 10.2. The van der Waals surface area contributed by atoms with Gasteiger partial charge in [0.25, 0.3) is 0 Å². The van der Waals surface area contributed by atoms with Gasteiger partial charge in [-0.25, -0.2) is 4.79 Å². The summed E-state index contributed by atoms with van der Waals surface area (Å²) in [6, 6.07) is 17.2. The first-order chi connectivity index (χ1) is 18.6. The molecule has 0 bridgehead atoms. The van der Waals surface area contributed by atoms with E-state index in [1.807, 2.05) is 24.3 Å². The second kappa shape index (κ2) is 10.6. The van der Waals surface area contributed by atoms with Crippen molar-refractivity contribution in [1.29, 1.82) is 0 Å². The lowest BCUT2D eigenvalue weighted by molar-refractivity contribution is -0.139. The zero-order chi connectivity index (χ0) is 27.7. The highest BCUT2D eigenvalue weighted by Crippen LogP contribution is 2.41. The molecule has 1 atom stereocenters. The molecule has 0 radical (unpaired) electrons. The van der Waals surface area contributed by atoms with Gasteiger partial charge in [-0.05, 0) is 59.3 Å². The molecule has 1 aliphatic heterocycles. The van der Waals surface area contributed by atoms with Crippen molar-refractivity contribution in [3.05, 3.63) is 100 Å². The smallest absolute Gasteiger partial charge is 0.416 e. The van der Waals surface area contributed by atoms with Crippen LogP contribution in [0.4, 0.5) is 13.2 Å². The van der Waals surface area contributed by atoms with Crippen LogP contribution in [-0.2, 0) is 28.7 Å². The molecule has 0 spiro atoms. The summed E-state index contributed by atoms with van der Waals surface area (Å²) in [6.45, 7) is 0.0278. The van der Waals surface area contributed by atoms with E-state index in [1.165, 1.54) is 6.07 Å². The van der Waals surface area contributed by atoms with E-state index in [4.69, 9.17) is 21.4 Å². The van der Waals surface area contributed by atoms with Gasteiger partial charge in [0.1, 0.15) is 5.75 Å². The third-order valence-electron chi connectivity index (χ3n) is 6.89. The van der Waals surface area contributed by atoms with Gasteiger partial charge in [-0.15, -0.1) is 0 Å². The Balaban J connectivity index is 1.46. The molecule has 4 aromatic rings. The average Bonchev–Trinajstić information content (AvgIpc) is 3.32. The molecule has 0 saturated carbocycles. The largest absolute Gasteiger partial charge is 0.482 e. The molecule has 2 heterocycles. The van der Waals surface area contributed by atoms with Crippen LogP contribution in [0.15, 0.2) is 72.9 Å². The Hall–Kier alpha value is -3.98. The molecule has 1 N–H and O–H groups in total. The van der Waals surface area contributed by atoms with Crippen LogP contribution >= 0.6 is 11.6 Å². The highest BCUT2D eigenvalue weighted by molar-refractivity contribution is 6.30. The summed E-state index contributed by atoms with van der Waals surface area (Å²) < 4.78 is 47.0. The van der Waals surface area contributed by atoms with Crippen LogP contribution in [0.25, 0.3) is 10.9 Å².